The van der Waals surface area contributed by atoms with E-state index in [9.17, 15) is 13.2 Å². The van der Waals surface area contributed by atoms with E-state index in [1.807, 2.05) is 37.3 Å². The molecule has 0 saturated carbocycles. The summed E-state index contributed by atoms with van der Waals surface area (Å²) in [5, 5.41) is 11.1. The quantitative estimate of drug-likeness (QED) is 0.337. The zero-order valence-corrected chi connectivity index (χ0v) is 20.3. The summed E-state index contributed by atoms with van der Waals surface area (Å²) in [4.78, 5) is 12.8. The fourth-order valence-corrected chi connectivity index (χ4v) is 5.80. The number of benzene rings is 2. The van der Waals surface area contributed by atoms with Gasteiger partial charge < -0.3 is 4.74 Å². The van der Waals surface area contributed by atoms with Gasteiger partial charge in [0.2, 0.25) is 21.1 Å². The molecule has 0 saturated heterocycles. The van der Waals surface area contributed by atoms with E-state index < -0.39 is 22.0 Å². The fraction of sp³-hybridized carbons (Fsp3) is 0.286. The molecule has 0 radical (unpaired) electrons. The van der Waals surface area contributed by atoms with E-state index in [1.165, 1.54) is 30.0 Å². The number of anilines is 2. The Bertz CT molecular complexity index is 1140. The monoisotopic (exact) mass is 492 g/mol. The van der Waals surface area contributed by atoms with E-state index in [1.54, 1.807) is 24.3 Å². The fourth-order valence-electron chi connectivity index (χ4n) is 2.91. The Morgan fingerprint density at radius 2 is 1.84 bits per heavy atom. The van der Waals surface area contributed by atoms with Gasteiger partial charge in [-0.3, -0.25) is 14.4 Å². The van der Waals surface area contributed by atoms with Crippen molar-refractivity contribution in [3.05, 3.63) is 60.2 Å². The maximum Gasteiger partial charge on any atom is 0.249 e. The maximum absolute atomic E-state index is 12.8. The number of sulfonamides is 1. The van der Waals surface area contributed by atoms with Crippen LogP contribution in [-0.2, 0) is 20.6 Å². The van der Waals surface area contributed by atoms with Crippen LogP contribution in [0.1, 0.15) is 19.4 Å². The van der Waals surface area contributed by atoms with E-state index in [2.05, 4.69) is 15.5 Å². The number of nitrogens with zero attached hydrogens (tertiary/aromatic N) is 3. The first-order valence-electron chi connectivity index (χ1n) is 9.81. The van der Waals surface area contributed by atoms with Gasteiger partial charge in [0.15, 0.2) is 4.34 Å². The molecule has 1 aromatic heterocycles. The largest absolute Gasteiger partial charge is 0.494 e. The molecule has 3 aromatic rings. The first-order chi connectivity index (χ1) is 15.3. The van der Waals surface area contributed by atoms with Gasteiger partial charge in [0.25, 0.3) is 0 Å². The normalized spacial score (nSPS) is 12.2. The third-order valence-corrected chi connectivity index (χ3v) is 7.62. The van der Waals surface area contributed by atoms with Crippen molar-refractivity contribution in [3.63, 3.8) is 0 Å². The summed E-state index contributed by atoms with van der Waals surface area (Å²) in [6, 6.07) is 15.5. The van der Waals surface area contributed by atoms with Crippen LogP contribution in [0.25, 0.3) is 0 Å². The Morgan fingerprint density at radius 3 is 2.47 bits per heavy atom. The minimum atomic E-state index is -3.72. The average Bonchev–Trinajstić information content (AvgIpc) is 3.21. The van der Waals surface area contributed by atoms with Crippen molar-refractivity contribution in [1.82, 2.24) is 10.2 Å². The minimum absolute atomic E-state index is 0.317. The van der Waals surface area contributed by atoms with Gasteiger partial charge in [0.1, 0.15) is 11.8 Å². The van der Waals surface area contributed by atoms with Crippen molar-refractivity contribution < 1.29 is 17.9 Å². The summed E-state index contributed by atoms with van der Waals surface area (Å²) in [5.74, 6) is 0.857. The Morgan fingerprint density at radius 1 is 1.16 bits per heavy atom. The molecule has 3 rings (SSSR count). The molecule has 0 aliphatic carbocycles. The number of thioether (sulfide) groups is 1. The molecule has 0 aliphatic rings. The SMILES string of the molecule is CCOc1ccc(N(C(C)C(=O)Nc2nnc(SCc3ccccc3)s2)S(C)(=O)=O)cc1. The lowest BCUT2D eigenvalue weighted by atomic mass is 10.2. The molecule has 0 aliphatic heterocycles. The summed E-state index contributed by atoms with van der Waals surface area (Å²) in [6.45, 7) is 3.89. The summed E-state index contributed by atoms with van der Waals surface area (Å²) in [7, 11) is -3.72. The zero-order valence-electron chi connectivity index (χ0n) is 17.9. The molecule has 8 nitrogen and oxygen atoms in total. The minimum Gasteiger partial charge on any atom is -0.494 e. The lowest BCUT2D eigenvalue weighted by Gasteiger charge is -2.28. The van der Waals surface area contributed by atoms with E-state index in [4.69, 9.17) is 4.74 Å². The molecule has 2 aromatic carbocycles. The highest BCUT2D eigenvalue weighted by atomic mass is 32.2. The van der Waals surface area contributed by atoms with Crippen LogP contribution in [0.15, 0.2) is 58.9 Å². The molecular formula is C21H24N4O4S3. The molecule has 0 spiro atoms. The first-order valence-corrected chi connectivity index (χ1v) is 13.5. The predicted molar refractivity (Wildman–Crippen MR) is 129 cm³/mol. The van der Waals surface area contributed by atoms with Crippen LogP contribution in [0, 0.1) is 0 Å². The third-order valence-electron chi connectivity index (χ3n) is 4.33. The highest BCUT2D eigenvalue weighted by molar-refractivity contribution is 8.00. The highest BCUT2D eigenvalue weighted by Gasteiger charge is 2.29. The Labute approximate surface area is 196 Å². The predicted octanol–water partition coefficient (Wildman–Crippen LogP) is 4.02. The standard InChI is InChI=1S/C21H24N4O4S3/c1-4-29-18-12-10-17(11-13-18)25(32(3,27)28)15(2)19(26)22-20-23-24-21(31-20)30-14-16-8-6-5-7-9-16/h5-13,15H,4,14H2,1-3H3,(H,22,23,26). The lowest BCUT2D eigenvalue weighted by Crippen LogP contribution is -2.45. The molecule has 0 bridgehead atoms. The Balaban J connectivity index is 1.68. The van der Waals surface area contributed by atoms with Crippen molar-refractivity contribution in [2.45, 2.75) is 30.0 Å². The zero-order chi connectivity index (χ0) is 23.1. The van der Waals surface area contributed by atoms with Crippen LogP contribution >= 0.6 is 23.1 Å². The van der Waals surface area contributed by atoms with Crippen LogP contribution in [-0.4, -0.2) is 43.4 Å². The van der Waals surface area contributed by atoms with Gasteiger partial charge in [-0.25, -0.2) is 8.42 Å². The number of amides is 1. The van der Waals surface area contributed by atoms with Gasteiger partial charge in [-0.15, -0.1) is 10.2 Å². The topological polar surface area (TPSA) is 101 Å². The van der Waals surface area contributed by atoms with Gasteiger partial charge >= 0.3 is 0 Å². The summed E-state index contributed by atoms with van der Waals surface area (Å²) in [6.07, 6.45) is 1.07. The van der Waals surface area contributed by atoms with Gasteiger partial charge in [-0.2, -0.15) is 0 Å². The van der Waals surface area contributed by atoms with Crippen molar-refractivity contribution in [3.8, 4) is 5.75 Å². The number of carbonyl (C=O) groups is 1. The van der Waals surface area contributed by atoms with Crippen molar-refractivity contribution >= 4 is 49.8 Å². The van der Waals surface area contributed by atoms with E-state index in [0.29, 0.717) is 27.5 Å². The smallest absolute Gasteiger partial charge is 0.249 e. The second kappa shape index (κ2) is 10.8. The van der Waals surface area contributed by atoms with Crippen LogP contribution in [0.4, 0.5) is 10.8 Å². The summed E-state index contributed by atoms with van der Waals surface area (Å²) >= 11 is 2.76. The van der Waals surface area contributed by atoms with Crippen molar-refractivity contribution in [1.29, 1.82) is 0 Å². The number of hydrogen-bond donors (Lipinski definition) is 1. The second-order valence-corrected chi connectivity index (χ2v) is 10.9. The molecule has 11 heteroatoms. The second-order valence-electron chi connectivity index (χ2n) is 6.80. The highest BCUT2D eigenvalue weighted by Crippen LogP contribution is 2.29. The molecule has 32 heavy (non-hydrogen) atoms. The van der Waals surface area contributed by atoms with E-state index in [0.717, 1.165) is 21.9 Å². The molecule has 170 valence electrons. The van der Waals surface area contributed by atoms with Crippen molar-refractivity contribution in [2.75, 3.05) is 22.5 Å². The number of carbonyl (C=O) groups excluding carboxylic acids is 1. The van der Waals surface area contributed by atoms with Crippen LogP contribution in [0.5, 0.6) is 5.75 Å². The maximum atomic E-state index is 12.8. The van der Waals surface area contributed by atoms with Gasteiger partial charge in [0, 0.05) is 5.75 Å². The molecule has 1 unspecified atom stereocenters. The number of aromatic nitrogens is 2. The molecule has 1 N–H and O–H groups in total. The van der Waals surface area contributed by atoms with Crippen LogP contribution in [0.3, 0.4) is 0 Å². The molecule has 1 heterocycles. The molecule has 0 fully saturated rings. The van der Waals surface area contributed by atoms with E-state index >= 15 is 0 Å². The molecular weight excluding hydrogens is 468 g/mol. The molecule has 1 amide bonds. The average molecular weight is 493 g/mol. The van der Waals surface area contributed by atoms with Gasteiger partial charge in [0.05, 0.1) is 18.6 Å². The van der Waals surface area contributed by atoms with Crippen molar-refractivity contribution in [2.24, 2.45) is 0 Å². The number of nitrogens with one attached hydrogen (secondary N) is 1. The summed E-state index contributed by atoms with van der Waals surface area (Å²) < 4.78 is 32.1. The number of ether oxygens (including phenoxy) is 1. The lowest BCUT2D eigenvalue weighted by molar-refractivity contribution is -0.116. The Kier molecular flexibility index (Phi) is 8.10. The van der Waals surface area contributed by atoms with E-state index in [-0.39, 0.29) is 0 Å². The van der Waals surface area contributed by atoms with Crippen LogP contribution < -0.4 is 14.4 Å². The third kappa shape index (κ3) is 6.44. The Hall–Kier alpha value is -2.63. The first kappa shape index (κ1) is 24.0. The summed E-state index contributed by atoms with van der Waals surface area (Å²) in [5.41, 5.74) is 1.53. The van der Waals surface area contributed by atoms with Crippen LogP contribution in [0.2, 0.25) is 0 Å². The number of rotatable bonds is 10. The number of hydrogen-bond acceptors (Lipinski definition) is 8. The van der Waals surface area contributed by atoms with Gasteiger partial charge in [-0.1, -0.05) is 53.4 Å². The van der Waals surface area contributed by atoms with Gasteiger partial charge in [-0.05, 0) is 43.7 Å². The molecule has 1 atom stereocenters.